The highest BCUT2D eigenvalue weighted by Crippen LogP contribution is 2.19. The number of aromatic nitrogens is 3. The second-order valence-corrected chi connectivity index (χ2v) is 3.09. The molecule has 2 rings (SSSR count). The van der Waals surface area contributed by atoms with E-state index in [1.54, 1.807) is 18.7 Å². The van der Waals surface area contributed by atoms with Crippen molar-refractivity contribution in [3.8, 4) is 11.3 Å². The first-order valence-corrected chi connectivity index (χ1v) is 4.43. The molecule has 0 unspecified atom stereocenters. The maximum atomic E-state index is 5.66. The predicted octanol–water partition coefficient (Wildman–Crippen LogP) is 0.941. The van der Waals surface area contributed by atoms with Gasteiger partial charge in [0.1, 0.15) is 0 Å². The molecule has 0 amide bonds. The number of hydrogen-bond acceptors (Lipinski definition) is 3. The fourth-order valence-electron chi connectivity index (χ4n) is 1.45. The number of aryl methyl sites for hydroxylation is 1. The molecule has 0 aliphatic rings. The fourth-order valence-corrected chi connectivity index (χ4v) is 1.45. The molecule has 0 saturated carbocycles. The van der Waals surface area contributed by atoms with Gasteiger partial charge in [0.2, 0.25) is 0 Å². The topological polar surface area (TPSA) is 56.7 Å². The van der Waals surface area contributed by atoms with Crippen molar-refractivity contribution >= 4 is 0 Å². The normalized spacial score (nSPS) is 10.4. The van der Waals surface area contributed by atoms with Crippen molar-refractivity contribution in [3.63, 3.8) is 0 Å². The van der Waals surface area contributed by atoms with E-state index in [2.05, 4.69) is 9.97 Å². The molecule has 0 bridgehead atoms. The van der Waals surface area contributed by atoms with Crippen LogP contribution in [0.15, 0.2) is 30.9 Å². The lowest BCUT2D eigenvalue weighted by Crippen LogP contribution is -2.04. The van der Waals surface area contributed by atoms with E-state index in [-0.39, 0.29) is 0 Å². The molecule has 0 saturated heterocycles. The Morgan fingerprint density at radius 2 is 2.07 bits per heavy atom. The molecule has 0 aliphatic heterocycles. The minimum Gasteiger partial charge on any atom is -0.336 e. The van der Waals surface area contributed by atoms with E-state index in [0.29, 0.717) is 6.54 Å². The van der Waals surface area contributed by atoms with Crippen LogP contribution in [-0.4, -0.2) is 14.5 Å². The third-order valence-corrected chi connectivity index (χ3v) is 2.21. The second kappa shape index (κ2) is 3.59. The molecule has 2 heterocycles. The molecule has 2 N–H and O–H groups in total. The van der Waals surface area contributed by atoms with Crippen molar-refractivity contribution < 1.29 is 0 Å². The third-order valence-electron chi connectivity index (χ3n) is 2.21. The van der Waals surface area contributed by atoms with E-state index in [1.807, 2.05) is 23.7 Å². The van der Waals surface area contributed by atoms with Gasteiger partial charge in [0.25, 0.3) is 0 Å². The maximum Gasteiger partial charge on any atom is 0.0953 e. The summed E-state index contributed by atoms with van der Waals surface area (Å²) < 4.78 is 1.94. The van der Waals surface area contributed by atoms with Gasteiger partial charge < -0.3 is 10.3 Å². The summed E-state index contributed by atoms with van der Waals surface area (Å²) in [6.45, 7) is 0.494. The smallest absolute Gasteiger partial charge is 0.0953 e. The number of imidazole rings is 1. The Bertz CT molecular complexity index is 419. The van der Waals surface area contributed by atoms with E-state index in [9.17, 15) is 0 Å². The second-order valence-electron chi connectivity index (χ2n) is 3.09. The van der Waals surface area contributed by atoms with Crippen LogP contribution in [0.2, 0.25) is 0 Å². The van der Waals surface area contributed by atoms with Crippen LogP contribution < -0.4 is 5.73 Å². The summed E-state index contributed by atoms with van der Waals surface area (Å²) in [5.74, 6) is 0. The zero-order chi connectivity index (χ0) is 9.97. The van der Waals surface area contributed by atoms with E-state index in [1.165, 1.54) is 0 Å². The summed E-state index contributed by atoms with van der Waals surface area (Å²) in [4.78, 5) is 8.28. The predicted molar refractivity (Wildman–Crippen MR) is 54.3 cm³/mol. The van der Waals surface area contributed by atoms with Crippen molar-refractivity contribution in [1.82, 2.24) is 14.5 Å². The Morgan fingerprint density at radius 1 is 1.36 bits per heavy atom. The Balaban J connectivity index is 2.52. The third kappa shape index (κ3) is 1.40. The highest BCUT2D eigenvalue weighted by molar-refractivity contribution is 5.61. The summed E-state index contributed by atoms with van der Waals surface area (Å²) in [5.41, 5.74) is 8.69. The number of hydrogen-bond donors (Lipinski definition) is 1. The molecule has 14 heavy (non-hydrogen) atoms. The van der Waals surface area contributed by atoms with Crippen LogP contribution in [0.1, 0.15) is 5.69 Å². The number of rotatable bonds is 2. The Hall–Kier alpha value is -1.68. The van der Waals surface area contributed by atoms with Gasteiger partial charge in [-0.05, 0) is 12.1 Å². The molecule has 2 aromatic rings. The molecule has 0 fully saturated rings. The molecule has 0 radical (unpaired) electrons. The number of nitrogens with two attached hydrogens (primary N) is 1. The van der Waals surface area contributed by atoms with Crippen LogP contribution in [0, 0.1) is 0 Å². The monoisotopic (exact) mass is 188 g/mol. The Labute approximate surface area is 82.4 Å². The summed E-state index contributed by atoms with van der Waals surface area (Å²) in [6, 6.07) is 3.86. The Kier molecular flexibility index (Phi) is 2.28. The van der Waals surface area contributed by atoms with Gasteiger partial charge in [-0.1, -0.05) is 0 Å². The van der Waals surface area contributed by atoms with Crippen molar-refractivity contribution in [2.24, 2.45) is 12.8 Å². The van der Waals surface area contributed by atoms with Crippen LogP contribution in [0.25, 0.3) is 11.3 Å². The molecule has 2 aromatic heterocycles. The zero-order valence-electron chi connectivity index (χ0n) is 8.01. The van der Waals surface area contributed by atoms with Gasteiger partial charge in [0.05, 0.1) is 17.7 Å². The van der Waals surface area contributed by atoms with Gasteiger partial charge in [-0.3, -0.25) is 4.98 Å². The first-order valence-electron chi connectivity index (χ1n) is 4.43. The van der Waals surface area contributed by atoms with Crippen molar-refractivity contribution in [3.05, 3.63) is 36.5 Å². The molecular formula is C10H12N4. The van der Waals surface area contributed by atoms with Crippen molar-refractivity contribution in [2.45, 2.75) is 6.54 Å². The van der Waals surface area contributed by atoms with Crippen molar-refractivity contribution in [2.75, 3.05) is 0 Å². The number of nitrogens with zero attached hydrogens (tertiary/aromatic N) is 3. The van der Waals surface area contributed by atoms with Crippen LogP contribution in [-0.2, 0) is 13.6 Å². The summed E-state index contributed by atoms with van der Waals surface area (Å²) in [6.07, 6.45) is 5.28. The molecule has 0 aliphatic carbocycles. The lowest BCUT2D eigenvalue weighted by Gasteiger charge is -2.02. The first-order chi connectivity index (χ1) is 6.83. The van der Waals surface area contributed by atoms with Crippen LogP contribution in [0.5, 0.6) is 0 Å². The fraction of sp³-hybridized carbons (Fsp3) is 0.200. The highest BCUT2D eigenvalue weighted by atomic mass is 15.0. The summed E-state index contributed by atoms with van der Waals surface area (Å²) in [5, 5.41) is 0. The van der Waals surface area contributed by atoms with E-state index >= 15 is 0 Å². The van der Waals surface area contributed by atoms with Gasteiger partial charge in [0.15, 0.2) is 0 Å². The van der Waals surface area contributed by atoms with E-state index in [4.69, 9.17) is 5.73 Å². The Morgan fingerprint density at radius 3 is 2.71 bits per heavy atom. The SMILES string of the molecule is Cn1cnc(-c2ccncc2)c1CN. The molecule has 0 spiro atoms. The minimum atomic E-state index is 0.494. The average Bonchev–Trinajstić information content (AvgIpc) is 2.61. The number of pyridine rings is 1. The molecular weight excluding hydrogens is 176 g/mol. The zero-order valence-corrected chi connectivity index (χ0v) is 8.01. The van der Waals surface area contributed by atoms with Crippen molar-refractivity contribution in [1.29, 1.82) is 0 Å². The molecule has 72 valence electrons. The van der Waals surface area contributed by atoms with Crippen LogP contribution in [0.3, 0.4) is 0 Å². The van der Waals surface area contributed by atoms with Gasteiger partial charge in [0, 0.05) is 31.5 Å². The lowest BCUT2D eigenvalue weighted by atomic mass is 10.1. The minimum absolute atomic E-state index is 0.494. The van der Waals surface area contributed by atoms with E-state index in [0.717, 1.165) is 17.0 Å². The molecule has 4 heteroatoms. The average molecular weight is 188 g/mol. The summed E-state index contributed by atoms with van der Waals surface area (Å²) >= 11 is 0. The maximum absolute atomic E-state index is 5.66. The van der Waals surface area contributed by atoms with Gasteiger partial charge in [-0.25, -0.2) is 4.98 Å². The molecule has 0 atom stereocenters. The van der Waals surface area contributed by atoms with Crippen LogP contribution in [0.4, 0.5) is 0 Å². The summed E-state index contributed by atoms with van der Waals surface area (Å²) in [7, 11) is 1.94. The lowest BCUT2D eigenvalue weighted by molar-refractivity contribution is 0.821. The van der Waals surface area contributed by atoms with Gasteiger partial charge >= 0.3 is 0 Å². The molecule has 0 aromatic carbocycles. The molecule has 4 nitrogen and oxygen atoms in total. The standard InChI is InChI=1S/C10H12N4/c1-14-7-13-10(9(14)6-11)8-2-4-12-5-3-8/h2-5,7H,6,11H2,1H3. The largest absolute Gasteiger partial charge is 0.336 e. The highest BCUT2D eigenvalue weighted by Gasteiger charge is 2.08. The van der Waals surface area contributed by atoms with E-state index < -0.39 is 0 Å². The quantitative estimate of drug-likeness (QED) is 0.763. The van der Waals surface area contributed by atoms with Gasteiger partial charge in [-0.2, -0.15) is 0 Å². The first kappa shape index (κ1) is 8.90. The van der Waals surface area contributed by atoms with Gasteiger partial charge in [-0.15, -0.1) is 0 Å². The van der Waals surface area contributed by atoms with Crippen LogP contribution >= 0.6 is 0 Å².